The van der Waals surface area contributed by atoms with Gasteiger partial charge in [0.15, 0.2) is 0 Å². The van der Waals surface area contributed by atoms with Gasteiger partial charge in [0.2, 0.25) is 0 Å². The molecule has 0 aliphatic rings. The second-order valence-electron chi connectivity index (χ2n) is 2.59. The molecule has 66 valence electrons. The summed E-state index contributed by atoms with van der Waals surface area (Å²) in [7, 11) is 0. The quantitative estimate of drug-likeness (QED) is 0.736. The SMILES string of the molecule is Cc1ccncc1C(N)C(F)F. The van der Waals surface area contributed by atoms with E-state index in [0.29, 0.717) is 5.56 Å². The second-order valence-corrected chi connectivity index (χ2v) is 2.59. The smallest absolute Gasteiger partial charge is 0.257 e. The number of nitrogens with zero attached hydrogens (tertiary/aromatic N) is 1. The summed E-state index contributed by atoms with van der Waals surface area (Å²) in [6, 6.07) is 0.441. The van der Waals surface area contributed by atoms with Crippen LogP contribution in [0.3, 0.4) is 0 Å². The van der Waals surface area contributed by atoms with E-state index in [1.54, 1.807) is 19.2 Å². The molecule has 0 aromatic carbocycles. The normalized spacial score (nSPS) is 13.4. The van der Waals surface area contributed by atoms with Gasteiger partial charge in [0.05, 0.1) is 6.04 Å². The molecule has 4 heteroatoms. The molecule has 0 radical (unpaired) electrons. The summed E-state index contributed by atoms with van der Waals surface area (Å²) in [4.78, 5) is 3.74. The first-order valence-corrected chi connectivity index (χ1v) is 3.57. The molecule has 12 heavy (non-hydrogen) atoms. The van der Waals surface area contributed by atoms with Crippen molar-refractivity contribution >= 4 is 0 Å². The van der Waals surface area contributed by atoms with Crippen molar-refractivity contribution in [1.29, 1.82) is 0 Å². The minimum Gasteiger partial charge on any atom is -0.319 e. The standard InChI is InChI=1S/C8H10F2N2/c1-5-2-3-12-4-6(5)7(11)8(9)10/h2-4,7-8H,11H2,1H3. The fraction of sp³-hybridized carbons (Fsp3) is 0.375. The van der Waals surface area contributed by atoms with Crippen LogP contribution in [0.4, 0.5) is 8.78 Å². The fourth-order valence-electron chi connectivity index (χ4n) is 0.961. The Morgan fingerprint density at radius 3 is 2.67 bits per heavy atom. The molecule has 1 heterocycles. The van der Waals surface area contributed by atoms with E-state index in [9.17, 15) is 8.78 Å². The van der Waals surface area contributed by atoms with E-state index in [4.69, 9.17) is 5.73 Å². The van der Waals surface area contributed by atoms with Crippen LogP contribution >= 0.6 is 0 Å². The maximum absolute atomic E-state index is 12.1. The number of aromatic nitrogens is 1. The van der Waals surface area contributed by atoms with Crippen molar-refractivity contribution < 1.29 is 8.78 Å². The minimum atomic E-state index is -2.53. The Kier molecular flexibility index (Phi) is 2.70. The first kappa shape index (κ1) is 9.06. The number of rotatable bonds is 2. The fourth-order valence-corrected chi connectivity index (χ4v) is 0.961. The van der Waals surface area contributed by atoms with Gasteiger partial charge in [-0.1, -0.05) is 0 Å². The lowest BCUT2D eigenvalue weighted by atomic mass is 10.1. The first-order chi connectivity index (χ1) is 5.63. The van der Waals surface area contributed by atoms with Crippen molar-refractivity contribution in [3.8, 4) is 0 Å². The van der Waals surface area contributed by atoms with Crippen molar-refractivity contribution in [2.75, 3.05) is 0 Å². The van der Waals surface area contributed by atoms with Crippen LogP contribution < -0.4 is 5.73 Å². The van der Waals surface area contributed by atoms with Crippen LogP contribution in [-0.4, -0.2) is 11.4 Å². The van der Waals surface area contributed by atoms with Crippen molar-refractivity contribution in [2.45, 2.75) is 19.4 Å². The molecular weight excluding hydrogens is 162 g/mol. The van der Waals surface area contributed by atoms with Crippen LogP contribution in [0.1, 0.15) is 17.2 Å². The molecule has 0 spiro atoms. The van der Waals surface area contributed by atoms with Gasteiger partial charge in [-0.2, -0.15) is 0 Å². The van der Waals surface area contributed by atoms with Gasteiger partial charge in [0.25, 0.3) is 6.43 Å². The molecule has 1 rings (SSSR count). The van der Waals surface area contributed by atoms with Gasteiger partial charge in [0, 0.05) is 12.4 Å². The highest BCUT2D eigenvalue weighted by atomic mass is 19.3. The average Bonchev–Trinajstić information content (AvgIpc) is 2.04. The lowest BCUT2D eigenvalue weighted by Crippen LogP contribution is -2.20. The Morgan fingerprint density at radius 2 is 2.17 bits per heavy atom. The van der Waals surface area contributed by atoms with E-state index in [0.717, 1.165) is 5.56 Å². The second kappa shape index (κ2) is 3.58. The third kappa shape index (κ3) is 1.76. The van der Waals surface area contributed by atoms with Crippen LogP contribution in [0, 0.1) is 6.92 Å². The molecule has 0 fully saturated rings. The highest BCUT2D eigenvalue weighted by Crippen LogP contribution is 2.19. The van der Waals surface area contributed by atoms with Crippen LogP contribution in [0.15, 0.2) is 18.5 Å². The topological polar surface area (TPSA) is 38.9 Å². The third-order valence-corrected chi connectivity index (χ3v) is 1.71. The van der Waals surface area contributed by atoms with E-state index in [1.807, 2.05) is 0 Å². The van der Waals surface area contributed by atoms with Crippen molar-refractivity contribution in [3.05, 3.63) is 29.6 Å². The summed E-state index contributed by atoms with van der Waals surface area (Å²) < 4.78 is 24.3. The first-order valence-electron chi connectivity index (χ1n) is 3.57. The number of hydrogen-bond acceptors (Lipinski definition) is 2. The minimum absolute atomic E-state index is 0.410. The van der Waals surface area contributed by atoms with Crippen molar-refractivity contribution in [2.24, 2.45) is 5.73 Å². The zero-order chi connectivity index (χ0) is 9.14. The molecule has 2 N–H and O–H groups in total. The molecule has 0 aliphatic carbocycles. The Labute approximate surface area is 69.4 Å². The summed E-state index contributed by atoms with van der Waals surface area (Å²) in [5.74, 6) is 0. The van der Waals surface area contributed by atoms with Crippen LogP contribution in [0.5, 0.6) is 0 Å². The van der Waals surface area contributed by atoms with Crippen molar-refractivity contribution in [1.82, 2.24) is 4.98 Å². The molecule has 0 bridgehead atoms. The largest absolute Gasteiger partial charge is 0.319 e. The zero-order valence-electron chi connectivity index (χ0n) is 6.67. The summed E-state index contributed by atoms with van der Waals surface area (Å²) in [6.45, 7) is 1.74. The summed E-state index contributed by atoms with van der Waals surface area (Å²) in [5.41, 5.74) is 6.41. The maximum atomic E-state index is 12.1. The van der Waals surface area contributed by atoms with E-state index in [1.165, 1.54) is 6.20 Å². The average molecular weight is 172 g/mol. The van der Waals surface area contributed by atoms with Gasteiger partial charge in [-0.3, -0.25) is 4.98 Å². The van der Waals surface area contributed by atoms with Crippen molar-refractivity contribution in [3.63, 3.8) is 0 Å². The molecule has 1 aromatic rings. The maximum Gasteiger partial charge on any atom is 0.257 e. The highest BCUT2D eigenvalue weighted by Gasteiger charge is 2.18. The van der Waals surface area contributed by atoms with E-state index in [-0.39, 0.29) is 0 Å². The summed E-state index contributed by atoms with van der Waals surface area (Å²) in [6.07, 6.45) is 0.399. The predicted molar refractivity (Wildman–Crippen MR) is 41.9 cm³/mol. The van der Waals surface area contributed by atoms with Gasteiger partial charge >= 0.3 is 0 Å². The van der Waals surface area contributed by atoms with Gasteiger partial charge in [0.1, 0.15) is 0 Å². The molecule has 0 saturated carbocycles. The molecule has 0 saturated heterocycles. The monoisotopic (exact) mass is 172 g/mol. The highest BCUT2D eigenvalue weighted by molar-refractivity contribution is 5.25. The third-order valence-electron chi connectivity index (χ3n) is 1.71. The Hall–Kier alpha value is -1.03. The molecule has 1 atom stereocenters. The van der Waals surface area contributed by atoms with Crippen LogP contribution in [-0.2, 0) is 0 Å². The lowest BCUT2D eigenvalue weighted by molar-refractivity contribution is 0.116. The molecule has 1 aromatic heterocycles. The van der Waals surface area contributed by atoms with Gasteiger partial charge in [-0.05, 0) is 24.1 Å². The van der Waals surface area contributed by atoms with Crippen LogP contribution in [0.2, 0.25) is 0 Å². The Balaban J connectivity index is 2.94. The summed E-state index contributed by atoms with van der Waals surface area (Å²) >= 11 is 0. The number of hydrogen-bond donors (Lipinski definition) is 1. The lowest BCUT2D eigenvalue weighted by Gasteiger charge is -2.12. The Morgan fingerprint density at radius 1 is 1.50 bits per heavy atom. The number of halogens is 2. The van der Waals surface area contributed by atoms with E-state index >= 15 is 0 Å². The number of pyridine rings is 1. The summed E-state index contributed by atoms with van der Waals surface area (Å²) in [5, 5.41) is 0. The molecular formula is C8H10F2N2. The molecule has 0 aliphatic heterocycles. The number of aryl methyl sites for hydroxylation is 1. The van der Waals surface area contributed by atoms with E-state index in [2.05, 4.69) is 4.98 Å². The van der Waals surface area contributed by atoms with Gasteiger partial charge in [-0.25, -0.2) is 8.78 Å². The predicted octanol–water partition coefficient (Wildman–Crippen LogP) is 1.65. The zero-order valence-corrected chi connectivity index (χ0v) is 6.67. The molecule has 0 amide bonds. The Bertz CT molecular complexity index is 263. The number of nitrogens with two attached hydrogens (primary N) is 1. The number of alkyl halides is 2. The molecule has 2 nitrogen and oxygen atoms in total. The molecule has 1 unspecified atom stereocenters. The van der Waals surface area contributed by atoms with Gasteiger partial charge < -0.3 is 5.73 Å². The van der Waals surface area contributed by atoms with E-state index < -0.39 is 12.5 Å². The van der Waals surface area contributed by atoms with Gasteiger partial charge in [-0.15, -0.1) is 0 Å². The van der Waals surface area contributed by atoms with Crippen LogP contribution in [0.25, 0.3) is 0 Å².